The van der Waals surface area contributed by atoms with Crippen molar-refractivity contribution in [2.45, 2.75) is 39.7 Å². The average molecular weight is 208 g/mol. The summed E-state index contributed by atoms with van der Waals surface area (Å²) in [5.74, 6) is 0. The third-order valence-corrected chi connectivity index (χ3v) is 2.38. The molecule has 0 aliphatic carbocycles. The van der Waals surface area contributed by atoms with E-state index in [4.69, 9.17) is 5.73 Å². The number of alkyl halides is 2. The molecule has 0 heterocycles. The third kappa shape index (κ3) is 6.27. The van der Waals surface area contributed by atoms with Crippen molar-refractivity contribution in [2.75, 3.05) is 20.1 Å². The predicted octanol–water partition coefficient (Wildman–Crippen LogP) is 1.95. The number of nitrogens with zero attached hydrogens (tertiary/aromatic N) is 1. The van der Waals surface area contributed by atoms with E-state index >= 15 is 0 Å². The zero-order valence-electron chi connectivity index (χ0n) is 9.56. The van der Waals surface area contributed by atoms with Crippen LogP contribution in [-0.2, 0) is 0 Å². The Morgan fingerprint density at radius 3 is 2.14 bits per heavy atom. The van der Waals surface area contributed by atoms with Gasteiger partial charge in [0.15, 0.2) is 0 Å². The highest BCUT2D eigenvalue weighted by atomic mass is 19.3. The first-order valence-corrected chi connectivity index (χ1v) is 4.95. The van der Waals surface area contributed by atoms with Crippen molar-refractivity contribution < 1.29 is 8.78 Å². The molecule has 0 aromatic rings. The summed E-state index contributed by atoms with van der Waals surface area (Å²) >= 11 is 0. The molecule has 86 valence electrons. The Hall–Kier alpha value is -0.220. The molecule has 0 saturated heterocycles. The van der Waals surface area contributed by atoms with Gasteiger partial charge >= 0.3 is 0 Å². The van der Waals surface area contributed by atoms with Gasteiger partial charge in [0.25, 0.3) is 6.43 Å². The summed E-state index contributed by atoms with van der Waals surface area (Å²) in [6.07, 6.45) is -1.50. The zero-order valence-corrected chi connectivity index (χ0v) is 9.56. The lowest BCUT2D eigenvalue weighted by Gasteiger charge is -2.28. The first-order valence-electron chi connectivity index (χ1n) is 4.95. The smallest absolute Gasteiger partial charge is 0.251 e. The zero-order chi connectivity index (χ0) is 11.4. The minimum atomic E-state index is -2.26. The van der Waals surface area contributed by atoms with E-state index in [9.17, 15) is 8.78 Å². The molecule has 0 amide bonds. The quantitative estimate of drug-likeness (QED) is 0.748. The summed E-state index contributed by atoms with van der Waals surface area (Å²) in [4.78, 5) is 1.62. The van der Waals surface area contributed by atoms with E-state index in [-0.39, 0.29) is 18.0 Å². The van der Waals surface area contributed by atoms with Crippen LogP contribution in [-0.4, -0.2) is 37.5 Å². The molecule has 2 N–H and O–H groups in total. The summed E-state index contributed by atoms with van der Waals surface area (Å²) in [7, 11) is 1.70. The van der Waals surface area contributed by atoms with Gasteiger partial charge in [0, 0.05) is 6.04 Å². The molecule has 0 aliphatic rings. The van der Waals surface area contributed by atoms with E-state index in [1.165, 1.54) is 0 Å². The van der Waals surface area contributed by atoms with Gasteiger partial charge in [-0.05, 0) is 25.4 Å². The van der Waals surface area contributed by atoms with Crippen LogP contribution in [0.15, 0.2) is 0 Å². The van der Waals surface area contributed by atoms with Crippen LogP contribution in [0.4, 0.5) is 8.78 Å². The molecule has 4 heteroatoms. The second-order valence-electron chi connectivity index (χ2n) is 4.91. The van der Waals surface area contributed by atoms with Gasteiger partial charge in [-0.3, -0.25) is 0 Å². The van der Waals surface area contributed by atoms with Crippen molar-refractivity contribution in [3.8, 4) is 0 Å². The molecule has 0 bridgehead atoms. The molecule has 0 saturated carbocycles. The van der Waals surface area contributed by atoms with Crippen molar-refractivity contribution in [2.24, 2.45) is 11.1 Å². The lowest BCUT2D eigenvalue weighted by atomic mass is 9.85. The van der Waals surface area contributed by atoms with Gasteiger partial charge in [-0.2, -0.15) is 0 Å². The molecule has 0 rings (SSSR count). The Balaban J connectivity index is 3.72. The van der Waals surface area contributed by atoms with E-state index in [0.717, 1.165) is 6.42 Å². The van der Waals surface area contributed by atoms with Crippen molar-refractivity contribution in [1.82, 2.24) is 4.90 Å². The Bertz CT molecular complexity index is 155. The van der Waals surface area contributed by atoms with Crippen LogP contribution in [0.2, 0.25) is 0 Å². The second-order valence-corrected chi connectivity index (χ2v) is 4.91. The summed E-state index contributed by atoms with van der Waals surface area (Å²) in [5.41, 5.74) is 5.96. The molecule has 14 heavy (non-hydrogen) atoms. The van der Waals surface area contributed by atoms with Gasteiger partial charge in [-0.1, -0.05) is 20.8 Å². The average Bonchev–Trinajstić information content (AvgIpc) is 1.96. The summed E-state index contributed by atoms with van der Waals surface area (Å²) < 4.78 is 23.9. The Morgan fingerprint density at radius 2 is 1.79 bits per heavy atom. The molecule has 0 radical (unpaired) electrons. The van der Waals surface area contributed by atoms with Gasteiger partial charge in [0.2, 0.25) is 0 Å². The van der Waals surface area contributed by atoms with Crippen molar-refractivity contribution in [3.05, 3.63) is 0 Å². The Morgan fingerprint density at radius 1 is 1.29 bits per heavy atom. The number of hydrogen-bond acceptors (Lipinski definition) is 2. The highest BCUT2D eigenvalue weighted by molar-refractivity contribution is 4.77. The van der Waals surface area contributed by atoms with Gasteiger partial charge < -0.3 is 10.6 Å². The largest absolute Gasteiger partial charge is 0.327 e. The normalized spacial score (nSPS) is 15.2. The fraction of sp³-hybridized carbons (Fsp3) is 1.00. The summed E-state index contributed by atoms with van der Waals surface area (Å²) in [6.45, 7) is 6.64. The molecule has 1 atom stereocenters. The number of halogens is 2. The minimum absolute atomic E-state index is 0.0473. The second kappa shape index (κ2) is 5.61. The van der Waals surface area contributed by atoms with E-state index in [0.29, 0.717) is 6.54 Å². The van der Waals surface area contributed by atoms with Gasteiger partial charge in [-0.15, -0.1) is 0 Å². The molecule has 0 aliphatic heterocycles. The molecule has 0 aromatic carbocycles. The number of nitrogens with two attached hydrogens (primary N) is 1. The van der Waals surface area contributed by atoms with Crippen LogP contribution in [0.1, 0.15) is 27.2 Å². The first kappa shape index (κ1) is 13.8. The SMILES string of the molecule is CN(CCC(N)C(C)(C)C)CC(F)F. The fourth-order valence-corrected chi connectivity index (χ4v) is 1.12. The lowest BCUT2D eigenvalue weighted by Crippen LogP contribution is -2.38. The van der Waals surface area contributed by atoms with Crippen LogP contribution < -0.4 is 5.73 Å². The maximum absolute atomic E-state index is 12.0. The maximum Gasteiger partial charge on any atom is 0.251 e. The van der Waals surface area contributed by atoms with Crippen LogP contribution in [0.5, 0.6) is 0 Å². The number of rotatable bonds is 5. The molecular formula is C10H22F2N2. The number of hydrogen-bond donors (Lipinski definition) is 1. The highest BCUT2D eigenvalue weighted by Gasteiger charge is 2.20. The maximum atomic E-state index is 12.0. The van der Waals surface area contributed by atoms with Crippen LogP contribution >= 0.6 is 0 Å². The standard InChI is InChI=1S/C10H22F2N2/c1-10(2,3)8(13)5-6-14(4)7-9(11)12/h8-9H,5-7,13H2,1-4H3. The minimum Gasteiger partial charge on any atom is -0.327 e. The fourth-order valence-electron chi connectivity index (χ4n) is 1.12. The van der Waals surface area contributed by atoms with Crippen molar-refractivity contribution >= 4 is 0 Å². The Kier molecular flexibility index (Phi) is 5.52. The first-order chi connectivity index (χ1) is 6.23. The van der Waals surface area contributed by atoms with Crippen molar-refractivity contribution in [1.29, 1.82) is 0 Å². The van der Waals surface area contributed by atoms with E-state index < -0.39 is 6.43 Å². The topological polar surface area (TPSA) is 29.3 Å². The van der Waals surface area contributed by atoms with Crippen LogP contribution in [0, 0.1) is 5.41 Å². The molecule has 1 unspecified atom stereocenters. The molecule has 2 nitrogen and oxygen atoms in total. The summed E-state index contributed by atoms with van der Waals surface area (Å²) in [6, 6.07) is 0.0580. The van der Waals surface area contributed by atoms with Gasteiger partial charge in [-0.25, -0.2) is 8.78 Å². The predicted molar refractivity (Wildman–Crippen MR) is 55.5 cm³/mol. The van der Waals surface area contributed by atoms with E-state index in [2.05, 4.69) is 20.8 Å². The highest BCUT2D eigenvalue weighted by Crippen LogP contribution is 2.19. The third-order valence-electron chi connectivity index (χ3n) is 2.38. The molecule has 0 aromatic heterocycles. The van der Waals surface area contributed by atoms with Crippen LogP contribution in [0.3, 0.4) is 0 Å². The van der Waals surface area contributed by atoms with Crippen molar-refractivity contribution in [3.63, 3.8) is 0 Å². The van der Waals surface area contributed by atoms with Gasteiger partial charge in [0.1, 0.15) is 0 Å². The lowest BCUT2D eigenvalue weighted by molar-refractivity contribution is 0.0969. The monoisotopic (exact) mass is 208 g/mol. The Labute approximate surface area is 85.5 Å². The molecular weight excluding hydrogens is 186 g/mol. The van der Waals surface area contributed by atoms with E-state index in [1.54, 1.807) is 11.9 Å². The van der Waals surface area contributed by atoms with Crippen LogP contribution in [0.25, 0.3) is 0 Å². The van der Waals surface area contributed by atoms with E-state index in [1.807, 2.05) is 0 Å². The van der Waals surface area contributed by atoms with Gasteiger partial charge in [0.05, 0.1) is 6.54 Å². The summed E-state index contributed by atoms with van der Waals surface area (Å²) in [5, 5.41) is 0. The molecule has 0 spiro atoms. The molecule has 0 fully saturated rings.